The SMILES string of the molecule is O=C(CCc1ccc(Br)cc1OC(F)F)CCc1ccc(Br)cc1OC(F)F. The standard InChI is InChI=1S/C19H16Br2F4O3/c20-13-5-1-11(16(9-13)27-18(22)23)3-7-15(26)8-4-12-2-6-14(21)10-17(12)28-19(24)25/h1-2,5-6,9-10,18-19H,3-4,7-8H2. The summed E-state index contributed by atoms with van der Waals surface area (Å²) in [5.41, 5.74) is 0.976. The average Bonchev–Trinajstić information content (AvgIpc) is 2.59. The number of halogens is 6. The topological polar surface area (TPSA) is 35.5 Å². The minimum Gasteiger partial charge on any atom is -0.435 e. The number of carbonyl (C=O) groups is 1. The smallest absolute Gasteiger partial charge is 0.387 e. The van der Waals surface area contributed by atoms with E-state index in [1.807, 2.05) is 0 Å². The number of rotatable bonds is 10. The van der Waals surface area contributed by atoms with Crippen molar-refractivity contribution in [2.45, 2.75) is 38.9 Å². The van der Waals surface area contributed by atoms with E-state index in [1.54, 1.807) is 24.3 Å². The molecule has 0 radical (unpaired) electrons. The number of hydrogen-bond donors (Lipinski definition) is 0. The van der Waals surface area contributed by atoms with Crippen molar-refractivity contribution >= 4 is 37.6 Å². The number of benzene rings is 2. The maximum Gasteiger partial charge on any atom is 0.387 e. The molecular formula is C19H16Br2F4O3. The predicted octanol–water partition coefficient (Wildman–Crippen LogP) is 6.55. The van der Waals surface area contributed by atoms with E-state index in [2.05, 4.69) is 41.3 Å². The first-order valence-electron chi connectivity index (χ1n) is 8.22. The molecule has 0 aromatic heterocycles. The molecule has 2 aromatic rings. The van der Waals surface area contributed by atoms with Crippen LogP contribution in [0.3, 0.4) is 0 Å². The molecule has 9 heteroatoms. The second-order valence-corrected chi connectivity index (χ2v) is 7.63. The van der Waals surface area contributed by atoms with Crippen LogP contribution >= 0.6 is 31.9 Å². The molecule has 0 aliphatic heterocycles. The number of hydrogen-bond acceptors (Lipinski definition) is 3. The van der Waals surface area contributed by atoms with E-state index in [1.165, 1.54) is 12.1 Å². The number of carbonyl (C=O) groups excluding carboxylic acids is 1. The van der Waals surface area contributed by atoms with Crippen molar-refractivity contribution in [3.05, 3.63) is 56.5 Å². The van der Waals surface area contributed by atoms with Crippen LogP contribution < -0.4 is 9.47 Å². The third kappa shape index (κ3) is 7.43. The van der Waals surface area contributed by atoms with Crippen molar-refractivity contribution < 1.29 is 31.8 Å². The molecule has 0 aliphatic rings. The quantitative estimate of drug-likeness (QED) is 0.329. The Morgan fingerprint density at radius 3 is 1.54 bits per heavy atom. The van der Waals surface area contributed by atoms with Gasteiger partial charge in [-0.2, -0.15) is 17.6 Å². The van der Waals surface area contributed by atoms with Crippen molar-refractivity contribution in [1.29, 1.82) is 0 Å². The van der Waals surface area contributed by atoms with Crippen molar-refractivity contribution in [3.8, 4) is 11.5 Å². The van der Waals surface area contributed by atoms with Crippen LogP contribution in [0, 0.1) is 0 Å². The summed E-state index contributed by atoms with van der Waals surface area (Å²) in [4.78, 5) is 12.2. The highest BCUT2D eigenvalue weighted by Crippen LogP contribution is 2.28. The molecule has 0 heterocycles. The molecular weight excluding hydrogens is 512 g/mol. The Kier molecular flexibility index (Phi) is 8.75. The minimum atomic E-state index is -2.96. The molecule has 0 aliphatic carbocycles. The van der Waals surface area contributed by atoms with E-state index in [0.29, 0.717) is 20.1 Å². The zero-order chi connectivity index (χ0) is 20.7. The highest BCUT2D eigenvalue weighted by atomic mass is 79.9. The molecule has 0 amide bonds. The van der Waals surface area contributed by atoms with Gasteiger partial charge in [-0.15, -0.1) is 0 Å². The fraction of sp³-hybridized carbons (Fsp3) is 0.316. The van der Waals surface area contributed by atoms with Gasteiger partial charge >= 0.3 is 13.2 Å². The Morgan fingerprint density at radius 1 is 0.786 bits per heavy atom. The van der Waals surface area contributed by atoms with Crippen molar-refractivity contribution in [3.63, 3.8) is 0 Å². The molecule has 0 saturated carbocycles. The molecule has 0 bridgehead atoms. The van der Waals surface area contributed by atoms with Crippen molar-refractivity contribution in [2.24, 2.45) is 0 Å². The van der Waals surface area contributed by atoms with Crippen LogP contribution in [0.4, 0.5) is 17.6 Å². The molecule has 2 rings (SSSR count). The first-order chi connectivity index (χ1) is 13.2. The van der Waals surface area contributed by atoms with Gasteiger partial charge in [0.25, 0.3) is 0 Å². The van der Waals surface area contributed by atoms with E-state index in [-0.39, 0.29) is 43.0 Å². The highest BCUT2D eigenvalue weighted by Gasteiger charge is 2.14. The normalized spacial score (nSPS) is 11.1. The van der Waals surface area contributed by atoms with E-state index in [4.69, 9.17) is 0 Å². The second kappa shape index (κ2) is 10.8. The van der Waals surface area contributed by atoms with Gasteiger partial charge in [0.15, 0.2) is 0 Å². The summed E-state index contributed by atoms with van der Waals surface area (Å²) in [6.45, 7) is -5.93. The maximum atomic E-state index is 12.5. The Labute approximate surface area is 176 Å². The van der Waals surface area contributed by atoms with Crippen LogP contribution in [0.5, 0.6) is 11.5 Å². The third-order valence-corrected chi connectivity index (χ3v) is 4.82. The molecule has 28 heavy (non-hydrogen) atoms. The zero-order valence-electron chi connectivity index (χ0n) is 14.4. The molecule has 0 N–H and O–H groups in total. The lowest BCUT2D eigenvalue weighted by Gasteiger charge is -2.12. The zero-order valence-corrected chi connectivity index (χ0v) is 17.6. The highest BCUT2D eigenvalue weighted by molar-refractivity contribution is 9.10. The van der Waals surface area contributed by atoms with Gasteiger partial charge < -0.3 is 9.47 Å². The largest absolute Gasteiger partial charge is 0.435 e. The van der Waals surface area contributed by atoms with Gasteiger partial charge in [0.1, 0.15) is 17.3 Å². The van der Waals surface area contributed by atoms with Crippen LogP contribution in [0.1, 0.15) is 24.0 Å². The molecule has 0 saturated heterocycles. The number of Topliss-reactive ketones (excluding diaryl/α,β-unsaturated/α-hetero) is 1. The monoisotopic (exact) mass is 526 g/mol. The summed E-state index contributed by atoms with van der Waals surface area (Å²) in [7, 11) is 0. The van der Waals surface area contributed by atoms with E-state index < -0.39 is 13.2 Å². The summed E-state index contributed by atoms with van der Waals surface area (Å²) >= 11 is 6.37. The van der Waals surface area contributed by atoms with Crippen molar-refractivity contribution in [1.82, 2.24) is 0 Å². The molecule has 0 spiro atoms. The summed E-state index contributed by atoms with van der Waals surface area (Å²) in [5, 5.41) is 0. The van der Waals surface area contributed by atoms with Gasteiger partial charge in [-0.3, -0.25) is 4.79 Å². The van der Waals surface area contributed by atoms with E-state index in [0.717, 1.165) is 0 Å². The fourth-order valence-corrected chi connectivity index (χ4v) is 3.23. The van der Waals surface area contributed by atoms with Crippen molar-refractivity contribution in [2.75, 3.05) is 0 Å². The molecule has 0 fully saturated rings. The van der Waals surface area contributed by atoms with Gasteiger partial charge in [-0.25, -0.2) is 0 Å². The van der Waals surface area contributed by atoms with Gasteiger partial charge in [0, 0.05) is 21.8 Å². The predicted molar refractivity (Wildman–Crippen MR) is 103 cm³/mol. The Morgan fingerprint density at radius 2 is 1.18 bits per heavy atom. The summed E-state index contributed by atoms with van der Waals surface area (Å²) in [6.07, 6.45) is 0.690. The minimum absolute atomic E-state index is 0.0118. The van der Waals surface area contributed by atoms with Crippen LogP contribution in [0.15, 0.2) is 45.3 Å². The Balaban J connectivity index is 1.95. The van der Waals surface area contributed by atoms with Gasteiger partial charge in [0.05, 0.1) is 0 Å². The number of ether oxygens (including phenoxy) is 2. The molecule has 2 aromatic carbocycles. The third-order valence-electron chi connectivity index (χ3n) is 3.84. The number of aryl methyl sites for hydroxylation is 2. The summed E-state index contributed by atoms with van der Waals surface area (Å²) in [6, 6.07) is 9.40. The van der Waals surface area contributed by atoms with Crippen LogP contribution in [-0.4, -0.2) is 19.0 Å². The molecule has 0 unspecified atom stereocenters. The lowest BCUT2D eigenvalue weighted by atomic mass is 10.0. The molecule has 3 nitrogen and oxygen atoms in total. The Bertz CT molecular complexity index is 750. The van der Waals surface area contributed by atoms with E-state index in [9.17, 15) is 22.4 Å². The van der Waals surface area contributed by atoms with Crippen LogP contribution in [0.2, 0.25) is 0 Å². The fourth-order valence-electron chi connectivity index (χ4n) is 2.55. The summed E-state index contributed by atoms with van der Waals surface area (Å²) in [5.74, 6) is -0.104. The second-order valence-electron chi connectivity index (χ2n) is 5.80. The lowest BCUT2D eigenvalue weighted by Crippen LogP contribution is -2.08. The lowest BCUT2D eigenvalue weighted by molar-refractivity contribution is -0.119. The van der Waals surface area contributed by atoms with Gasteiger partial charge in [-0.1, -0.05) is 44.0 Å². The first kappa shape index (κ1) is 22.7. The Hall–Kier alpha value is -1.61. The van der Waals surface area contributed by atoms with Crippen LogP contribution in [-0.2, 0) is 17.6 Å². The van der Waals surface area contributed by atoms with Gasteiger partial charge in [0.2, 0.25) is 0 Å². The molecule has 0 atom stereocenters. The van der Waals surface area contributed by atoms with Gasteiger partial charge in [-0.05, 0) is 48.2 Å². The number of ketones is 1. The van der Waals surface area contributed by atoms with E-state index >= 15 is 0 Å². The molecule has 152 valence electrons. The summed E-state index contributed by atoms with van der Waals surface area (Å²) < 4.78 is 60.2. The average molecular weight is 528 g/mol. The first-order valence-corrected chi connectivity index (χ1v) is 9.81. The van der Waals surface area contributed by atoms with Crippen LogP contribution in [0.25, 0.3) is 0 Å². The number of alkyl halides is 4. The maximum absolute atomic E-state index is 12.5.